The molecule has 19 heavy (non-hydrogen) atoms. The van der Waals surface area contributed by atoms with Gasteiger partial charge in [-0.05, 0) is 37.3 Å². The summed E-state index contributed by atoms with van der Waals surface area (Å²) in [6, 6.07) is 7.22. The van der Waals surface area contributed by atoms with Gasteiger partial charge in [-0.2, -0.15) is 0 Å². The number of halogens is 1. The normalized spacial score (nSPS) is 10.2. The number of anilines is 2. The third-order valence-corrected chi connectivity index (χ3v) is 2.78. The quantitative estimate of drug-likeness (QED) is 0.861. The standard InChI is InChI=1S/C14H14FN3O/c1-2-18(11-5-7-17-8-6-11)14(19)12-9-10(15)3-4-13(12)16/h3-9H,2,16H2,1H3. The molecule has 2 aromatic rings. The molecule has 0 saturated heterocycles. The van der Waals surface area contributed by atoms with Gasteiger partial charge in [-0.25, -0.2) is 4.39 Å². The topological polar surface area (TPSA) is 59.2 Å². The maximum absolute atomic E-state index is 13.2. The number of amides is 1. The molecule has 1 aromatic heterocycles. The molecule has 1 aromatic carbocycles. The Morgan fingerprint density at radius 2 is 2.00 bits per heavy atom. The molecule has 98 valence electrons. The number of carbonyl (C=O) groups is 1. The van der Waals surface area contributed by atoms with Crippen molar-refractivity contribution in [3.63, 3.8) is 0 Å². The molecule has 0 aliphatic rings. The molecule has 0 bridgehead atoms. The second kappa shape index (κ2) is 5.48. The first-order chi connectivity index (χ1) is 9.13. The molecule has 0 unspecified atom stereocenters. The van der Waals surface area contributed by atoms with Crippen molar-refractivity contribution in [2.75, 3.05) is 17.2 Å². The van der Waals surface area contributed by atoms with Crippen molar-refractivity contribution in [1.82, 2.24) is 4.98 Å². The van der Waals surface area contributed by atoms with Crippen molar-refractivity contribution in [2.24, 2.45) is 0 Å². The van der Waals surface area contributed by atoms with E-state index in [0.29, 0.717) is 12.2 Å². The van der Waals surface area contributed by atoms with Crippen molar-refractivity contribution in [3.8, 4) is 0 Å². The minimum Gasteiger partial charge on any atom is -0.398 e. The van der Waals surface area contributed by atoms with E-state index in [1.807, 2.05) is 6.92 Å². The van der Waals surface area contributed by atoms with E-state index in [9.17, 15) is 9.18 Å². The van der Waals surface area contributed by atoms with Gasteiger partial charge in [0.15, 0.2) is 0 Å². The van der Waals surface area contributed by atoms with Gasteiger partial charge < -0.3 is 10.6 Å². The first kappa shape index (κ1) is 13.0. The van der Waals surface area contributed by atoms with Crippen LogP contribution in [-0.4, -0.2) is 17.4 Å². The van der Waals surface area contributed by atoms with Gasteiger partial charge in [0.2, 0.25) is 0 Å². The molecule has 0 saturated carbocycles. The monoisotopic (exact) mass is 259 g/mol. The van der Waals surface area contributed by atoms with E-state index in [4.69, 9.17) is 5.73 Å². The lowest BCUT2D eigenvalue weighted by Gasteiger charge is -2.21. The summed E-state index contributed by atoms with van der Waals surface area (Å²) < 4.78 is 13.2. The van der Waals surface area contributed by atoms with Gasteiger partial charge in [0.25, 0.3) is 5.91 Å². The predicted octanol–water partition coefficient (Wildman–Crippen LogP) is 2.47. The average Bonchev–Trinajstić information content (AvgIpc) is 2.43. The van der Waals surface area contributed by atoms with E-state index in [-0.39, 0.29) is 17.2 Å². The highest BCUT2D eigenvalue weighted by molar-refractivity contribution is 6.09. The number of hydrogen-bond acceptors (Lipinski definition) is 3. The maximum atomic E-state index is 13.2. The summed E-state index contributed by atoms with van der Waals surface area (Å²) in [7, 11) is 0. The Bertz CT molecular complexity index is 586. The van der Waals surface area contributed by atoms with Crippen LogP contribution in [0.5, 0.6) is 0 Å². The number of nitrogen functional groups attached to an aromatic ring is 1. The molecule has 0 radical (unpaired) electrons. The summed E-state index contributed by atoms with van der Waals surface area (Å²) in [5, 5.41) is 0. The van der Waals surface area contributed by atoms with E-state index in [1.54, 1.807) is 24.5 Å². The number of nitrogens with zero attached hydrogens (tertiary/aromatic N) is 2. The Morgan fingerprint density at radius 3 is 2.63 bits per heavy atom. The van der Waals surface area contributed by atoms with Gasteiger partial charge in [0.1, 0.15) is 5.82 Å². The van der Waals surface area contributed by atoms with Crippen molar-refractivity contribution >= 4 is 17.3 Å². The van der Waals surface area contributed by atoms with Gasteiger partial charge in [0.05, 0.1) is 5.56 Å². The van der Waals surface area contributed by atoms with Gasteiger partial charge in [-0.15, -0.1) is 0 Å². The van der Waals surface area contributed by atoms with Crippen molar-refractivity contribution in [1.29, 1.82) is 0 Å². The molecular formula is C14H14FN3O. The fourth-order valence-corrected chi connectivity index (χ4v) is 1.83. The molecule has 1 heterocycles. The third kappa shape index (κ3) is 2.70. The number of pyridine rings is 1. The van der Waals surface area contributed by atoms with Gasteiger partial charge in [-0.1, -0.05) is 0 Å². The van der Waals surface area contributed by atoms with Gasteiger partial charge in [0, 0.05) is 30.3 Å². The minimum absolute atomic E-state index is 0.165. The zero-order valence-corrected chi connectivity index (χ0v) is 10.5. The van der Waals surface area contributed by atoms with E-state index in [2.05, 4.69) is 4.98 Å². The van der Waals surface area contributed by atoms with Gasteiger partial charge >= 0.3 is 0 Å². The van der Waals surface area contributed by atoms with Crippen LogP contribution in [0, 0.1) is 5.82 Å². The molecule has 4 nitrogen and oxygen atoms in total. The van der Waals surface area contributed by atoms with Crippen LogP contribution in [0.25, 0.3) is 0 Å². The number of benzene rings is 1. The SMILES string of the molecule is CCN(C(=O)c1cc(F)ccc1N)c1ccncc1. The highest BCUT2D eigenvalue weighted by Crippen LogP contribution is 2.20. The Labute approximate surface area is 110 Å². The number of carbonyl (C=O) groups excluding carboxylic acids is 1. The summed E-state index contributed by atoms with van der Waals surface area (Å²) in [5.74, 6) is -0.811. The second-order valence-electron chi connectivity index (χ2n) is 3.99. The van der Waals surface area contributed by atoms with Crippen molar-refractivity contribution in [3.05, 3.63) is 54.1 Å². The Hall–Kier alpha value is -2.43. The Morgan fingerprint density at radius 1 is 1.32 bits per heavy atom. The number of aromatic nitrogens is 1. The summed E-state index contributed by atoms with van der Waals surface area (Å²) in [4.78, 5) is 17.8. The fraction of sp³-hybridized carbons (Fsp3) is 0.143. The molecule has 2 rings (SSSR count). The van der Waals surface area contributed by atoms with Crippen LogP contribution in [0.2, 0.25) is 0 Å². The zero-order chi connectivity index (χ0) is 13.8. The van der Waals surface area contributed by atoms with Crippen LogP contribution in [-0.2, 0) is 0 Å². The summed E-state index contributed by atoms with van der Waals surface area (Å²) >= 11 is 0. The number of rotatable bonds is 3. The lowest BCUT2D eigenvalue weighted by atomic mass is 10.1. The average molecular weight is 259 g/mol. The smallest absolute Gasteiger partial charge is 0.260 e. The van der Waals surface area contributed by atoms with Crippen LogP contribution < -0.4 is 10.6 Å². The Balaban J connectivity index is 2.39. The van der Waals surface area contributed by atoms with E-state index in [1.165, 1.54) is 17.0 Å². The molecular weight excluding hydrogens is 245 g/mol. The molecule has 5 heteroatoms. The lowest BCUT2D eigenvalue weighted by Crippen LogP contribution is -2.31. The number of hydrogen-bond donors (Lipinski definition) is 1. The van der Waals surface area contributed by atoms with Crippen molar-refractivity contribution < 1.29 is 9.18 Å². The van der Waals surface area contributed by atoms with E-state index < -0.39 is 5.82 Å². The molecule has 0 aliphatic carbocycles. The Kier molecular flexibility index (Phi) is 3.75. The summed E-state index contributed by atoms with van der Waals surface area (Å²) in [6.07, 6.45) is 3.19. The largest absolute Gasteiger partial charge is 0.398 e. The fourth-order valence-electron chi connectivity index (χ4n) is 1.83. The predicted molar refractivity (Wildman–Crippen MR) is 72.4 cm³/mol. The first-order valence-corrected chi connectivity index (χ1v) is 5.90. The lowest BCUT2D eigenvalue weighted by molar-refractivity contribution is 0.0988. The van der Waals surface area contributed by atoms with Crippen LogP contribution in [0.4, 0.5) is 15.8 Å². The zero-order valence-electron chi connectivity index (χ0n) is 10.5. The highest BCUT2D eigenvalue weighted by Gasteiger charge is 2.18. The van der Waals surface area contributed by atoms with Crippen LogP contribution in [0.3, 0.4) is 0 Å². The first-order valence-electron chi connectivity index (χ1n) is 5.90. The van der Waals surface area contributed by atoms with Crippen LogP contribution in [0.1, 0.15) is 17.3 Å². The molecule has 1 amide bonds. The molecule has 0 aliphatic heterocycles. The molecule has 0 atom stereocenters. The molecule has 0 fully saturated rings. The minimum atomic E-state index is -0.483. The second-order valence-corrected chi connectivity index (χ2v) is 3.99. The highest BCUT2D eigenvalue weighted by atomic mass is 19.1. The van der Waals surface area contributed by atoms with Crippen LogP contribution >= 0.6 is 0 Å². The van der Waals surface area contributed by atoms with Gasteiger partial charge in [-0.3, -0.25) is 9.78 Å². The third-order valence-electron chi connectivity index (χ3n) is 2.78. The van der Waals surface area contributed by atoms with E-state index >= 15 is 0 Å². The summed E-state index contributed by atoms with van der Waals surface area (Å²) in [6.45, 7) is 2.30. The molecule has 0 spiro atoms. The number of nitrogens with two attached hydrogens (primary N) is 1. The van der Waals surface area contributed by atoms with E-state index in [0.717, 1.165) is 6.07 Å². The van der Waals surface area contributed by atoms with Crippen LogP contribution in [0.15, 0.2) is 42.7 Å². The maximum Gasteiger partial charge on any atom is 0.260 e. The summed E-state index contributed by atoms with van der Waals surface area (Å²) in [5.41, 5.74) is 6.86. The molecule has 2 N–H and O–H groups in total. The van der Waals surface area contributed by atoms with Crippen molar-refractivity contribution in [2.45, 2.75) is 6.92 Å².